The van der Waals surface area contributed by atoms with E-state index < -0.39 is 16.8 Å². The lowest BCUT2D eigenvalue weighted by atomic mass is 10.1. The Morgan fingerprint density at radius 1 is 1.40 bits per heavy atom. The fraction of sp³-hybridized carbons (Fsp3) is 0.182. The van der Waals surface area contributed by atoms with E-state index in [1.54, 1.807) is 0 Å². The van der Waals surface area contributed by atoms with Crippen molar-refractivity contribution in [2.45, 2.75) is 6.18 Å². The van der Waals surface area contributed by atoms with Gasteiger partial charge in [0.15, 0.2) is 5.17 Å². The Hall–Kier alpha value is -1.54. The molecule has 106 valence electrons. The molecule has 1 saturated heterocycles. The van der Waals surface area contributed by atoms with Crippen LogP contribution in [-0.2, 0) is 11.0 Å². The number of benzene rings is 1. The molecule has 0 radical (unpaired) electrons. The van der Waals surface area contributed by atoms with Gasteiger partial charge in [-0.25, -0.2) is 0 Å². The molecule has 0 saturated carbocycles. The lowest BCUT2D eigenvalue weighted by Gasteiger charge is -2.08. The van der Waals surface area contributed by atoms with Crippen LogP contribution in [0.15, 0.2) is 28.4 Å². The molecule has 0 aromatic heterocycles. The second kappa shape index (κ2) is 5.84. The third-order valence-electron chi connectivity index (χ3n) is 2.24. The van der Waals surface area contributed by atoms with E-state index in [1.807, 2.05) is 0 Å². The third kappa shape index (κ3) is 3.73. The van der Waals surface area contributed by atoms with Gasteiger partial charge in [-0.05, 0) is 17.7 Å². The summed E-state index contributed by atoms with van der Waals surface area (Å²) in [5, 5.41) is 9.81. The van der Waals surface area contributed by atoms with Gasteiger partial charge in [0.25, 0.3) is 0 Å². The molecule has 1 fully saturated rings. The summed E-state index contributed by atoms with van der Waals surface area (Å²) < 4.78 is 37.5. The minimum absolute atomic E-state index is 0.165. The highest BCUT2D eigenvalue weighted by molar-refractivity contribution is 8.15. The number of nitrogens with zero attached hydrogens (tertiary/aromatic N) is 2. The van der Waals surface area contributed by atoms with Gasteiger partial charge in [0.05, 0.1) is 22.6 Å². The molecule has 0 bridgehead atoms. The van der Waals surface area contributed by atoms with Crippen LogP contribution in [0.1, 0.15) is 11.1 Å². The van der Waals surface area contributed by atoms with Gasteiger partial charge in [-0.15, -0.1) is 5.10 Å². The van der Waals surface area contributed by atoms with Crippen molar-refractivity contribution in [1.82, 2.24) is 5.32 Å². The monoisotopic (exact) mass is 321 g/mol. The average Bonchev–Trinajstić information content (AvgIpc) is 2.73. The third-order valence-corrected chi connectivity index (χ3v) is 3.42. The highest BCUT2D eigenvalue weighted by Crippen LogP contribution is 2.34. The van der Waals surface area contributed by atoms with Gasteiger partial charge in [0, 0.05) is 0 Å². The summed E-state index contributed by atoms with van der Waals surface area (Å²) in [6.45, 7) is 0. The normalized spacial score (nSPS) is 18.0. The number of carbonyl (C=O) groups is 1. The summed E-state index contributed by atoms with van der Waals surface area (Å²) >= 11 is 6.76. The lowest BCUT2D eigenvalue weighted by Crippen LogP contribution is -2.19. The van der Waals surface area contributed by atoms with Crippen LogP contribution in [0.4, 0.5) is 13.2 Å². The van der Waals surface area contributed by atoms with Crippen LogP contribution < -0.4 is 5.32 Å². The topological polar surface area (TPSA) is 53.8 Å². The van der Waals surface area contributed by atoms with E-state index >= 15 is 0 Å². The smallest absolute Gasteiger partial charge is 0.303 e. The minimum atomic E-state index is -4.49. The number of halogens is 4. The molecule has 2 rings (SSSR count). The van der Waals surface area contributed by atoms with Crippen molar-refractivity contribution >= 4 is 40.7 Å². The molecule has 1 aromatic carbocycles. The van der Waals surface area contributed by atoms with Gasteiger partial charge in [-0.3, -0.25) is 4.79 Å². The van der Waals surface area contributed by atoms with Crippen molar-refractivity contribution in [3.63, 3.8) is 0 Å². The number of hydrogen-bond donors (Lipinski definition) is 1. The van der Waals surface area contributed by atoms with E-state index in [0.29, 0.717) is 10.7 Å². The van der Waals surface area contributed by atoms with Crippen LogP contribution in [0.3, 0.4) is 0 Å². The number of alkyl halides is 3. The molecular formula is C11H7ClF3N3OS. The van der Waals surface area contributed by atoms with Crippen LogP contribution in [0, 0.1) is 0 Å². The fourth-order valence-corrected chi connectivity index (χ4v) is 2.30. The van der Waals surface area contributed by atoms with Crippen LogP contribution in [0.25, 0.3) is 0 Å². The summed E-state index contributed by atoms with van der Waals surface area (Å²) in [4.78, 5) is 10.9. The number of carbonyl (C=O) groups excluding carboxylic acids is 1. The Balaban J connectivity index is 2.11. The molecule has 1 amide bonds. The van der Waals surface area contributed by atoms with Gasteiger partial charge in [-0.1, -0.05) is 29.4 Å². The molecule has 1 aliphatic rings. The van der Waals surface area contributed by atoms with Crippen LogP contribution in [0.2, 0.25) is 5.02 Å². The zero-order chi connectivity index (χ0) is 14.8. The van der Waals surface area contributed by atoms with Crippen molar-refractivity contribution in [2.24, 2.45) is 10.2 Å². The lowest BCUT2D eigenvalue weighted by molar-refractivity contribution is -0.137. The van der Waals surface area contributed by atoms with E-state index in [9.17, 15) is 18.0 Å². The molecule has 9 heteroatoms. The summed E-state index contributed by atoms with van der Waals surface area (Å²) in [7, 11) is 0. The van der Waals surface area contributed by atoms with Crippen molar-refractivity contribution < 1.29 is 18.0 Å². The van der Waals surface area contributed by atoms with Gasteiger partial charge < -0.3 is 5.32 Å². The first kappa shape index (κ1) is 14.9. The minimum Gasteiger partial charge on any atom is -0.303 e. The molecule has 0 aliphatic carbocycles. The quantitative estimate of drug-likeness (QED) is 0.672. The zero-order valence-electron chi connectivity index (χ0n) is 9.74. The molecule has 0 unspecified atom stereocenters. The Bertz CT molecular complexity index is 601. The fourth-order valence-electron chi connectivity index (χ4n) is 1.37. The predicted molar refractivity (Wildman–Crippen MR) is 72.1 cm³/mol. The number of amidine groups is 1. The molecule has 1 aliphatic heterocycles. The van der Waals surface area contributed by atoms with Gasteiger partial charge in [0.2, 0.25) is 5.91 Å². The van der Waals surface area contributed by atoms with Crippen molar-refractivity contribution in [2.75, 3.05) is 5.75 Å². The van der Waals surface area contributed by atoms with E-state index in [4.69, 9.17) is 11.6 Å². The van der Waals surface area contributed by atoms with Crippen LogP contribution in [-0.4, -0.2) is 23.0 Å². The molecule has 20 heavy (non-hydrogen) atoms. The summed E-state index contributed by atoms with van der Waals surface area (Å²) in [5.41, 5.74) is -0.525. The van der Waals surface area contributed by atoms with Crippen LogP contribution >= 0.6 is 23.4 Å². The predicted octanol–water partition coefficient (Wildman–Crippen LogP) is 2.91. The van der Waals surface area contributed by atoms with E-state index in [1.165, 1.54) is 24.0 Å². The number of amides is 1. The highest BCUT2D eigenvalue weighted by Gasteiger charge is 2.32. The van der Waals surface area contributed by atoms with Crippen LogP contribution in [0.5, 0.6) is 0 Å². The van der Waals surface area contributed by atoms with E-state index in [-0.39, 0.29) is 11.7 Å². The van der Waals surface area contributed by atoms with Crippen molar-refractivity contribution in [1.29, 1.82) is 0 Å². The van der Waals surface area contributed by atoms with Gasteiger partial charge in [0.1, 0.15) is 0 Å². The van der Waals surface area contributed by atoms with Gasteiger partial charge in [-0.2, -0.15) is 18.3 Å². The van der Waals surface area contributed by atoms with Crippen molar-refractivity contribution in [3.05, 3.63) is 34.3 Å². The molecular weight excluding hydrogens is 315 g/mol. The van der Waals surface area contributed by atoms with Crippen molar-refractivity contribution in [3.8, 4) is 0 Å². The number of rotatable bonds is 2. The maximum Gasteiger partial charge on any atom is 0.417 e. The summed E-state index contributed by atoms with van der Waals surface area (Å²) in [5.74, 6) is 0.113. The number of thioether (sulfide) groups is 1. The molecule has 1 N–H and O–H groups in total. The second-order valence-electron chi connectivity index (χ2n) is 3.72. The molecule has 1 aromatic rings. The first-order valence-corrected chi connectivity index (χ1v) is 6.63. The Kier molecular flexibility index (Phi) is 4.34. The number of nitrogens with one attached hydrogen (secondary N) is 1. The number of hydrogen-bond acceptors (Lipinski definition) is 4. The van der Waals surface area contributed by atoms with Gasteiger partial charge >= 0.3 is 6.18 Å². The maximum atomic E-state index is 12.5. The average molecular weight is 322 g/mol. The molecule has 0 atom stereocenters. The summed E-state index contributed by atoms with van der Waals surface area (Å²) in [6, 6.07) is 3.26. The Morgan fingerprint density at radius 2 is 2.15 bits per heavy atom. The molecule has 1 heterocycles. The molecule has 0 spiro atoms. The maximum absolute atomic E-state index is 12.5. The second-order valence-corrected chi connectivity index (χ2v) is 5.09. The zero-order valence-corrected chi connectivity index (χ0v) is 11.3. The first-order valence-electron chi connectivity index (χ1n) is 5.26. The standard InChI is InChI=1S/C11H7ClF3N3OS/c12-8-3-6(1-2-7(8)11(13,14)15)4-16-18-10-17-9(19)5-20-10/h1-4H,5H2,(H,17,18,19). The molecule has 4 nitrogen and oxygen atoms in total. The Morgan fingerprint density at radius 3 is 2.70 bits per heavy atom. The highest BCUT2D eigenvalue weighted by atomic mass is 35.5. The SMILES string of the molecule is O=C1CSC(=NN=Cc2ccc(C(F)(F)F)c(Cl)c2)N1. The summed E-state index contributed by atoms with van der Waals surface area (Å²) in [6.07, 6.45) is -3.23. The first-order chi connectivity index (χ1) is 9.36. The largest absolute Gasteiger partial charge is 0.417 e. The van der Waals surface area contributed by atoms with E-state index in [2.05, 4.69) is 15.5 Å². The van der Waals surface area contributed by atoms with E-state index in [0.717, 1.165) is 12.1 Å². The Labute approximate surface area is 121 Å².